The van der Waals surface area contributed by atoms with Crippen LogP contribution in [0.4, 0.5) is 4.79 Å². The van der Waals surface area contributed by atoms with Crippen LogP contribution >= 0.6 is 21.4 Å². The van der Waals surface area contributed by atoms with Crippen LogP contribution < -0.4 is 4.74 Å². The highest BCUT2D eigenvalue weighted by Crippen LogP contribution is 2.36. The molecular formula is C28H29Cl2N3O7S. The minimum absolute atomic E-state index is 0.125. The zero-order valence-corrected chi connectivity index (χ0v) is 25.4. The summed E-state index contributed by atoms with van der Waals surface area (Å²) in [6.07, 6.45) is -0.933. The maximum absolute atomic E-state index is 12.9. The van der Waals surface area contributed by atoms with Crippen LogP contribution in [0.15, 0.2) is 52.9 Å². The molecule has 0 aliphatic carbocycles. The minimum Gasteiger partial charge on any atom is -0.470 e. The molecule has 41 heavy (non-hydrogen) atoms. The van der Waals surface area contributed by atoms with Crippen LogP contribution in [0.1, 0.15) is 32.8 Å². The largest absolute Gasteiger partial charge is 0.470 e. The fourth-order valence-corrected chi connectivity index (χ4v) is 4.40. The minimum atomic E-state index is -1.67. The van der Waals surface area contributed by atoms with E-state index in [0.29, 0.717) is 22.5 Å². The number of hydrogen-bond acceptors (Lipinski definition) is 9. The molecule has 0 N–H and O–H groups in total. The van der Waals surface area contributed by atoms with Crippen LogP contribution in [0.25, 0.3) is 33.5 Å². The van der Waals surface area contributed by atoms with Gasteiger partial charge < -0.3 is 18.6 Å². The molecule has 1 aliphatic rings. The predicted molar refractivity (Wildman–Crippen MR) is 157 cm³/mol. The Bertz CT molecular complexity index is 1580. The highest BCUT2D eigenvalue weighted by Gasteiger charge is 2.43. The van der Waals surface area contributed by atoms with Crippen LogP contribution in [0.3, 0.4) is 0 Å². The van der Waals surface area contributed by atoms with Gasteiger partial charge in [-0.3, -0.25) is 4.90 Å². The molecule has 1 saturated heterocycles. The van der Waals surface area contributed by atoms with Crippen molar-refractivity contribution in [3.8, 4) is 17.3 Å². The average molecular weight is 623 g/mol. The molecule has 0 bridgehead atoms. The number of amides is 1. The standard InChI is InChI=1S/C28H29N3O6.Cl2OS/c1-16-10-12-17(13-11-16)24-29-22-19-8-6-7-9-21(19)36-23(22)25(30-24)35-18-14-20(26(32)34-5)31(15-18)27(33)37-28(2,3)4;1-4(2)3/h6-13,18,20H,14-15H2,1-5H3;/t18-,20+;/m1./s1. The number of fused-ring (bicyclic) bond motifs is 3. The monoisotopic (exact) mass is 621 g/mol. The summed E-state index contributed by atoms with van der Waals surface area (Å²) >= 11 is 0. The number of rotatable bonds is 4. The fraction of sp³-hybridized carbons (Fsp3) is 0.357. The maximum Gasteiger partial charge on any atom is 0.411 e. The fourth-order valence-electron chi connectivity index (χ4n) is 4.40. The number of methoxy groups -OCH3 is 1. The van der Waals surface area contributed by atoms with E-state index in [2.05, 4.69) is 21.4 Å². The highest BCUT2D eigenvalue weighted by atomic mass is 36.0. The van der Waals surface area contributed by atoms with E-state index in [1.165, 1.54) is 12.0 Å². The molecule has 1 amide bonds. The van der Waals surface area contributed by atoms with Crippen molar-refractivity contribution in [3.63, 3.8) is 0 Å². The van der Waals surface area contributed by atoms with Crippen molar-refractivity contribution in [2.45, 2.75) is 51.9 Å². The van der Waals surface area contributed by atoms with E-state index in [9.17, 15) is 9.59 Å². The van der Waals surface area contributed by atoms with Gasteiger partial charge in [0, 0.05) is 38.7 Å². The summed E-state index contributed by atoms with van der Waals surface area (Å²) in [5.74, 6) is 0.200. The summed E-state index contributed by atoms with van der Waals surface area (Å²) in [5, 5.41) is 0.840. The molecular weight excluding hydrogens is 593 g/mol. The number of carbonyl (C=O) groups excluding carboxylic acids is 2. The molecule has 5 rings (SSSR count). The number of furan rings is 1. The summed E-state index contributed by atoms with van der Waals surface area (Å²) in [6, 6.07) is 14.7. The van der Waals surface area contributed by atoms with Gasteiger partial charge in [-0.25, -0.2) is 18.8 Å². The first-order chi connectivity index (χ1) is 19.4. The molecule has 2 atom stereocenters. The molecule has 0 spiro atoms. The molecule has 2 aromatic carbocycles. The van der Waals surface area contributed by atoms with Gasteiger partial charge in [-0.1, -0.05) is 42.0 Å². The number of hydrogen-bond donors (Lipinski definition) is 0. The summed E-state index contributed by atoms with van der Waals surface area (Å²) in [4.78, 5) is 36.2. The van der Waals surface area contributed by atoms with Gasteiger partial charge in [0.2, 0.25) is 14.8 Å². The van der Waals surface area contributed by atoms with E-state index in [4.69, 9.17) is 32.8 Å². The number of esters is 1. The summed E-state index contributed by atoms with van der Waals surface area (Å²) in [5.41, 5.74) is 2.93. The first kappa shape index (κ1) is 30.5. The van der Waals surface area contributed by atoms with Crippen LogP contribution in [-0.2, 0) is 23.5 Å². The Morgan fingerprint density at radius 3 is 2.37 bits per heavy atom. The zero-order chi connectivity index (χ0) is 29.9. The highest BCUT2D eigenvalue weighted by molar-refractivity contribution is 8.26. The number of carbonyl (C=O) groups is 2. The van der Waals surface area contributed by atoms with Gasteiger partial charge in [-0.15, -0.1) is 0 Å². The number of halogens is 2. The number of benzene rings is 2. The normalized spacial score (nSPS) is 16.9. The van der Waals surface area contributed by atoms with E-state index in [0.717, 1.165) is 16.5 Å². The second-order valence-corrected chi connectivity index (χ2v) is 12.9. The quantitative estimate of drug-likeness (QED) is 0.190. The van der Waals surface area contributed by atoms with Crippen LogP contribution in [-0.4, -0.2) is 62.5 Å². The lowest BCUT2D eigenvalue weighted by atomic mass is 10.1. The third-order valence-electron chi connectivity index (χ3n) is 6.14. The van der Waals surface area contributed by atoms with Crippen molar-refractivity contribution in [2.75, 3.05) is 13.7 Å². The van der Waals surface area contributed by atoms with Gasteiger partial charge in [-0.05, 0) is 39.8 Å². The number of nitrogens with zero attached hydrogens (tertiary/aromatic N) is 3. The molecule has 218 valence electrons. The molecule has 0 unspecified atom stereocenters. The van der Waals surface area contributed by atoms with Crippen molar-refractivity contribution in [3.05, 3.63) is 54.1 Å². The number of para-hydroxylation sites is 1. The van der Waals surface area contributed by atoms with Crippen LogP contribution in [0.5, 0.6) is 5.88 Å². The molecule has 3 heterocycles. The van der Waals surface area contributed by atoms with Crippen molar-refractivity contribution < 1.29 is 32.4 Å². The maximum atomic E-state index is 12.9. The lowest BCUT2D eigenvalue weighted by molar-refractivity contribution is -0.145. The molecule has 4 aromatic rings. The van der Waals surface area contributed by atoms with Crippen molar-refractivity contribution in [1.29, 1.82) is 0 Å². The van der Waals surface area contributed by atoms with Gasteiger partial charge in [0.25, 0.3) is 5.88 Å². The lowest BCUT2D eigenvalue weighted by Crippen LogP contribution is -2.44. The summed E-state index contributed by atoms with van der Waals surface area (Å²) < 4.78 is 32.0. The second-order valence-electron chi connectivity index (χ2n) is 10.3. The summed E-state index contributed by atoms with van der Waals surface area (Å²) in [7, 11) is 8.65. The van der Waals surface area contributed by atoms with Crippen LogP contribution in [0.2, 0.25) is 0 Å². The SMILES string of the molecule is COC(=O)[C@@H]1C[C@@H](Oc2nc(-c3ccc(C)cc3)nc3c2oc2ccccc23)CN1C(=O)OC(C)(C)C.O=S(Cl)Cl. The Morgan fingerprint density at radius 1 is 1.07 bits per heavy atom. The number of aryl methyl sites for hydroxylation is 1. The molecule has 1 aliphatic heterocycles. The number of aromatic nitrogens is 2. The first-order valence-corrected chi connectivity index (χ1v) is 15.4. The molecule has 0 saturated carbocycles. The van der Waals surface area contributed by atoms with Crippen molar-refractivity contribution in [1.82, 2.24) is 14.9 Å². The van der Waals surface area contributed by atoms with Gasteiger partial charge in [-0.2, -0.15) is 4.98 Å². The Kier molecular flexibility index (Phi) is 9.41. The topological polar surface area (TPSA) is 121 Å². The van der Waals surface area contributed by atoms with E-state index < -0.39 is 39.0 Å². The van der Waals surface area contributed by atoms with E-state index in [-0.39, 0.29) is 18.8 Å². The third kappa shape index (κ3) is 7.46. The predicted octanol–water partition coefficient (Wildman–Crippen LogP) is 6.32. The van der Waals surface area contributed by atoms with Crippen molar-refractivity contribution >= 4 is 64.7 Å². The third-order valence-corrected chi connectivity index (χ3v) is 6.14. The van der Waals surface area contributed by atoms with Gasteiger partial charge in [0.15, 0.2) is 5.82 Å². The van der Waals surface area contributed by atoms with Gasteiger partial charge >= 0.3 is 12.1 Å². The molecule has 13 heteroatoms. The Labute approximate surface area is 248 Å². The van der Waals surface area contributed by atoms with Gasteiger partial charge in [0.05, 0.1) is 13.7 Å². The average Bonchev–Trinajstić information content (AvgIpc) is 3.49. The first-order valence-electron chi connectivity index (χ1n) is 12.6. The summed E-state index contributed by atoms with van der Waals surface area (Å²) in [6.45, 7) is 7.45. The molecule has 10 nitrogen and oxygen atoms in total. The van der Waals surface area contributed by atoms with E-state index in [1.807, 2.05) is 55.5 Å². The number of ether oxygens (including phenoxy) is 3. The number of likely N-dealkylation sites (tertiary alicyclic amines) is 1. The van der Waals surface area contributed by atoms with Crippen molar-refractivity contribution in [2.24, 2.45) is 0 Å². The van der Waals surface area contributed by atoms with E-state index in [1.54, 1.807) is 20.8 Å². The lowest BCUT2D eigenvalue weighted by Gasteiger charge is -2.27. The molecule has 2 aromatic heterocycles. The zero-order valence-electron chi connectivity index (χ0n) is 23.1. The van der Waals surface area contributed by atoms with E-state index >= 15 is 0 Å². The Balaban J connectivity index is 0.000000909. The smallest absolute Gasteiger partial charge is 0.411 e. The van der Waals surface area contributed by atoms with Crippen LogP contribution in [0, 0.1) is 6.92 Å². The molecule has 1 fully saturated rings. The molecule has 0 radical (unpaired) electrons. The second kappa shape index (κ2) is 12.6. The Hall–Kier alpha value is -3.41. The van der Waals surface area contributed by atoms with Gasteiger partial charge in [0.1, 0.15) is 28.8 Å². The Morgan fingerprint density at radius 2 is 1.73 bits per heavy atom.